The third-order valence-electron chi connectivity index (χ3n) is 2.49. The van der Waals surface area contributed by atoms with Gasteiger partial charge in [0, 0.05) is 17.8 Å². The molecule has 6 heteroatoms. The second-order valence-electron chi connectivity index (χ2n) is 3.45. The van der Waals surface area contributed by atoms with Gasteiger partial charge in [-0.05, 0) is 12.1 Å². The highest BCUT2D eigenvalue weighted by Crippen LogP contribution is 2.26. The first-order valence-corrected chi connectivity index (χ1v) is 4.65. The van der Waals surface area contributed by atoms with Crippen LogP contribution in [0.5, 0.6) is 0 Å². The Bertz CT molecular complexity index is 373. The zero-order chi connectivity index (χ0) is 10.8. The maximum atomic E-state index is 11.2. The van der Waals surface area contributed by atoms with Gasteiger partial charge in [0.1, 0.15) is 5.76 Å². The first-order valence-electron chi connectivity index (χ1n) is 4.65. The summed E-state index contributed by atoms with van der Waals surface area (Å²) in [5.74, 6) is 0.263. The molecule has 1 fully saturated rings. The molecule has 2 atom stereocenters. The van der Waals surface area contributed by atoms with E-state index in [1.807, 2.05) is 0 Å². The summed E-state index contributed by atoms with van der Waals surface area (Å²) >= 11 is 0. The Kier molecular flexibility index (Phi) is 2.40. The van der Waals surface area contributed by atoms with E-state index in [0.29, 0.717) is 5.76 Å². The predicted molar refractivity (Wildman–Crippen MR) is 49.6 cm³/mol. The predicted octanol–water partition coefficient (Wildman–Crippen LogP) is 0.876. The zero-order valence-corrected chi connectivity index (χ0v) is 7.88. The summed E-state index contributed by atoms with van der Waals surface area (Å²) in [6.07, 6.45) is 1.89. The van der Waals surface area contributed by atoms with Gasteiger partial charge in [0.15, 0.2) is 6.04 Å². The van der Waals surface area contributed by atoms with Crippen LogP contribution < -0.4 is 5.32 Å². The summed E-state index contributed by atoms with van der Waals surface area (Å²) < 4.78 is 5.08. The molecular formula is C9H10N2O4. The summed E-state index contributed by atoms with van der Waals surface area (Å²) in [5, 5.41) is 13.4. The molecule has 2 unspecified atom stereocenters. The molecule has 1 aliphatic rings. The van der Waals surface area contributed by atoms with Crippen molar-refractivity contribution in [1.82, 2.24) is 5.32 Å². The highest BCUT2D eigenvalue weighted by molar-refractivity contribution is 5.77. The van der Waals surface area contributed by atoms with Crippen LogP contribution in [0.4, 0.5) is 0 Å². The Labute approximate surface area is 85.4 Å². The van der Waals surface area contributed by atoms with Crippen LogP contribution in [0.3, 0.4) is 0 Å². The fraction of sp³-hybridized carbons (Fsp3) is 0.444. The van der Waals surface area contributed by atoms with Gasteiger partial charge in [-0.2, -0.15) is 0 Å². The van der Waals surface area contributed by atoms with Crippen molar-refractivity contribution in [3.63, 3.8) is 0 Å². The van der Waals surface area contributed by atoms with Gasteiger partial charge in [-0.1, -0.05) is 0 Å². The number of amides is 1. The Morgan fingerprint density at radius 2 is 2.40 bits per heavy atom. The summed E-state index contributed by atoms with van der Waals surface area (Å²) in [7, 11) is 0. The van der Waals surface area contributed by atoms with Gasteiger partial charge in [0.25, 0.3) is 0 Å². The monoisotopic (exact) mass is 210 g/mol. The molecule has 1 saturated heterocycles. The average molecular weight is 210 g/mol. The van der Waals surface area contributed by atoms with Crippen molar-refractivity contribution in [2.45, 2.75) is 24.9 Å². The molecule has 0 spiro atoms. The summed E-state index contributed by atoms with van der Waals surface area (Å²) in [6, 6.07) is 1.84. The number of piperidine rings is 1. The molecule has 6 nitrogen and oxygen atoms in total. The lowest BCUT2D eigenvalue weighted by Crippen LogP contribution is -2.44. The van der Waals surface area contributed by atoms with Crippen molar-refractivity contribution >= 4 is 5.91 Å². The lowest BCUT2D eigenvalue weighted by atomic mass is 9.97. The molecule has 0 saturated carbocycles. The third-order valence-corrected chi connectivity index (χ3v) is 2.49. The van der Waals surface area contributed by atoms with Crippen molar-refractivity contribution in [2.75, 3.05) is 0 Å². The second-order valence-corrected chi connectivity index (χ2v) is 3.45. The number of nitro groups is 1. The molecule has 80 valence electrons. The molecule has 0 aromatic carbocycles. The maximum Gasteiger partial charge on any atom is 0.240 e. The Balaban J connectivity index is 2.24. The van der Waals surface area contributed by atoms with E-state index in [4.69, 9.17) is 4.42 Å². The minimum absolute atomic E-state index is 0.172. The minimum Gasteiger partial charge on any atom is -0.467 e. The van der Waals surface area contributed by atoms with Crippen LogP contribution >= 0.6 is 0 Å². The topological polar surface area (TPSA) is 85.4 Å². The third kappa shape index (κ3) is 1.83. The van der Waals surface area contributed by atoms with Gasteiger partial charge in [-0.3, -0.25) is 14.9 Å². The Hall–Kier alpha value is -1.85. The number of carbonyl (C=O) groups is 1. The van der Waals surface area contributed by atoms with Gasteiger partial charge in [0.2, 0.25) is 11.9 Å². The van der Waals surface area contributed by atoms with Crippen LogP contribution in [0, 0.1) is 10.1 Å². The highest BCUT2D eigenvalue weighted by atomic mass is 16.6. The summed E-state index contributed by atoms with van der Waals surface area (Å²) in [5.41, 5.74) is 0. The van der Waals surface area contributed by atoms with Gasteiger partial charge in [0.05, 0.1) is 6.26 Å². The SMILES string of the molecule is O=C1CCC([N+](=O)[O-])C(c2ccco2)N1. The molecule has 0 aliphatic carbocycles. The van der Waals surface area contributed by atoms with Crippen LogP contribution in [0.25, 0.3) is 0 Å². The Morgan fingerprint density at radius 3 is 3.00 bits per heavy atom. The number of rotatable bonds is 2. The molecule has 1 aromatic heterocycles. The van der Waals surface area contributed by atoms with E-state index >= 15 is 0 Å². The molecule has 1 N–H and O–H groups in total. The van der Waals surface area contributed by atoms with Gasteiger partial charge < -0.3 is 9.73 Å². The molecule has 2 heterocycles. The van der Waals surface area contributed by atoms with Crippen LogP contribution in [0.1, 0.15) is 24.6 Å². The molecular weight excluding hydrogens is 200 g/mol. The van der Waals surface area contributed by atoms with Crippen LogP contribution in [-0.4, -0.2) is 16.9 Å². The number of carbonyl (C=O) groups excluding carboxylic acids is 1. The lowest BCUT2D eigenvalue weighted by molar-refractivity contribution is -0.530. The molecule has 1 amide bonds. The molecule has 1 aliphatic heterocycles. The number of hydrogen-bond acceptors (Lipinski definition) is 4. The number of nitrogens with zero attached hydrogens (tertiary/aromatic N) is 1. The molecule has 1 aromatic rings. The summed E-state index contributed by atoms with van der Waals surface area (Å²) in [4.78, 5) is 21.6. The molecule has 0 radical (unpaired) electrons. The molecule has 15 heavy (non-hydrogen) atoms. The highest BCUT2D eigenvalue weighted by Gasteiger charge is 2.39. The van der Waals surface area contributed by atoms with E-state index in [9.17, 15) is 14.9 Å². The zero-order valence-electron chi connectivity index (χ0n) is 7.88. The van der Waals surface area contributed by atoms with Gasteiger partial charge in [-0.25, -0.2) is 0 Å². The first kappa shape index (κ1) is 9.70. The number of nitrogens with one attached hydrogen (secondary N) is 1. The van der Waals surface area contributed by atoms with Crippen molar-refractivity contribution in [3.8, 4) is 0 Å². The number of hydrogen-bond donors (Lipinski definition) is 1. The smallest absolute Gasteiger partial charge is 0.240 e. The van der Waals surface area contributed by atoms with E-state index in [1.54, 1.807) is 12.1 Å². The van der Waals surface area contributed by atoms with Crippen molar-refractivity contribution < 1.29 is 14.1 Å². The maximum absolute atomic E-state index is 11.2. The van der Waals surface area contributed by atoms with E-state index in [2.05, 4.69) is 5.32 Å². The molecule has 0 bridgehead atoms. The Morgan fingerprint density at radius 1 is 1.60 bits per heavy atom. The standard InChI is InChI=1S/C9H10N2O4/c12-8-4-3-6(11(13)14)9(10-8)7-2-1-5-15-7/h1-2,5-6,9H,3-4H2,(H,10,12). The molecule has 2 rings (SSSR count). The van der Waals surface area contributed by atoms with Crippen molar-refractivity contribution in [3.05, 3.63) is 34.3 Å². The second kappa shape index (κ2) is 3.72. The fourth-order valence-electron chi connectivity index (χ4n) is 1.74. The fourth-order valence-corrected chi connectivity index (χ4v) is 1.74. The first-order chi connectivity index (χ1) is 7.18. The van der Waals surface area contributed by atoms with E-state index in [0.717, 1.165) is 0 Å². The van der Waals surface area contributed by atoms with Crippen LogP contribution in [0.2, 0.25) is 0 Å². The van der Waals surface area contributed by atoms with Gasteiger partial charge in [-0.15, -0.1) is 0 Å². The summed E-state index contributed by atoms with van der Waals surface area (Å²) in [6.45, 7) is 0. The van der Waals surface area contributed by atoms with Crippen molar-refractivity contribution in [1.29, 1.82) is 0 Å². The minimum atomic E-state index is -0.797. The van der Waals surface area contributed by atoms with Gasteiger partial charge >= 0.3 is 0 Å². The quantitative estimate of drug-likeness (QED) is 0.579. The van der Waals surface area contributed by atoms with Crippen LogP contribution in [-0.2, 0) is 4.79 Å². The average Bonchev–Trinajstić information content (AvgIpc) is 2.69. The largest absolute Gasteiger partial charge is 0.467 e. The number of furan rings is 1. The normalized spacial score (nSPS) is 26.0. The van der Waals surface area contributed by atoms with E-state index in [-0.39, 0.29) is 23.7 Å². The van der Waals surface area contributed by atoms with E-state index in [1.165, 1.54) is 6.26 Å². The van der Waals surface area contributed by atoms with Crippen molar-refractivity contribution in [2.24, 2.45) is 0 Å². The van der Waals surface area contributed by atoms with Crippen LogP contribution in [0.15, 0.2) is 22.8 Å². The van der Waals surface area contributed by atoms with E-state index < -0.39 is 12.1 Å². The lowest BCUT2D eigenvalue weighted by Gasteiger charge is -2.24.